The molecule has 0 bridgehead atoms. The van der Waals surface area contributed by atoms with E-state index in [-0.39, 0.29) is 0 Å². The quantitative estimate of drug-likeness (QED) is 0.574. The van der Waals surface area contributed by atoms with Gasteiger partial charge in [0.15, 0.2) is 5.78 Å². The Labute approximate surface area is 139 Å². The van der Waals surface area contributed by atoms with Crippen LogP contribution in [0, 0.1) is 22.7 Å². The highest BCUT2D eigenvalue weighted by Crippen LogP contribution is 2.74. The van der Waals surface area contributed by atoms with Crippen molar-refractivity contribution in [1.82, 2.24) is 0 Å². The number of Topliss-reactive ketones (excluding diaryl/α,β-unsaturated/α-hetero) is 1. The molecule has 0 amide bonds. The molecule has 0 aromatic heterocycles. The van der Waals surface area contributed by atoms with E-state index in [0.29, 0.717) is 5.78 Å². The van der Waals surface area contributed by atoms with E-state index < -0.39 is 15.2 Å². The van der Waals surface area contributed by atoms with Crippen LogP contribution in [0.2, 0.25) is 0 Å². The fourth-order valence-corrected chi connectivity index (χ4v) is 6.48. The number of carbonyl (C=O) groups is 1. The van der Waals surface area contributed by atoms with Gasteiger partial charge in [0.2, 0.25) is 0 Å². The Morgan fingerprint density at radius 1 is 0.857 bits per heavy atom. The largest absolute Gasteiger partial charge is 0.298 e. The van der Waals surface area contributed by atoms with Crippen molar-refractivity contribution in [1.29, 1.82) is 0 Å². The van der Waals surface area contributed by atoms with Crippen LogP contribution in [0.3, 0.4) is 0 Å². The monoisotopic (exact) mass is 330 g/mol. The van der Waals surface area contributed by atoms with Gasteiger partial charge in [-0.2, -0.15) is 0 Å². The molecular formula is C18H28Cl2O. The first-order valence-electron chi connectivity index (χ1n) is 8.86. The van der Waals surface area contributed by atoms with Crippen molar-refractivity contribution < 1.29 is 4.79 Å². The highest BCUT2D eigenvalue weighted by atomic mass is 35.5. The maximum Gasteiger partial charge on any atom is 0.151 e. The maximum atomic E-state index is 13.2. The standard InChI is InChI=1S/C18H28Cl2O/c1-3-13-5-9-16(10-6-13)15(21)17(18(16,19)20)11-7-14(4-2)8-12-17/h13-14H,3-12H2,1-2H3/t13?,14?,16-,17-. The van der Waals surface area contributed by atoms with Crippen molar-refractivity contribution in [2.45, 2.75) is 82.4 Å². The highest BCUT2D eigenvalue weighted by Gasteiger charge is 2.78. The predicted octanol–water partition coefficient (Wildman–Crippen LogP) is 5.92. The summed E-state index contributed by atoms with van der Waals surface area (Å²) in [7, 11) is 0. The Kier molecular flexibility index (Phi) is 4.15. The van der Waals surface area contributed by atoms with Crippen LogP contribution in [0.5, 0.6) is 0 Å². The van der Waals surface area contributed by atoms with Crippen LogP contribution in [-0.2, 0) is 4.79 Å². The molecule has 0 aromatic rings. The van der Waals surface area contributed by atoms with Crippen LogP contribution >= 0.6 is 23.2 Å². The molecule has 120 valence electrons. The number of rotatable bonds is 2. The molecule has 0 unspecified atom stereocenters. The molecule has 0 aromatic carbocycles. The van der Waals surface area contributed by atoms with E-state index >= 15 is 0 Å². The molecule has 3 heteroatoms. The van der Waals surface area contributed by atoms with E-state index in [0.717, 1.165) is 63.2 Å². The third-order valence-corrected chi connectivity index (χ3v) is 8.59. The Hall–Kier alpha value is 0.250. The van der Waals surface area contributed by atoms with Crippen LogP contribution in [-0.4, -0.2) is 10.1 Å². The first-order valence-corrected chi connectivity index (χ1v) is 9.62. The lowest BCUT2D eigenvalue weighted by atomic mass is 9.42. The molecule has 3 aliphatic rings. The number of hydrogen-bond acceptors (Lipinski definition) is 1. The van der Waals surface area contributed by atoms with E-state index in [9.17, 15) is 4.79 Å². The van der Waals surface area contributed by atoms with Crippen molar-refractivity contribution in [2.24, 2.45) is 22.7 Å². The Morgan fingerprint density at radius 2 is 1.19 bits per heavy atom. The maximum absolute atomic E-state index is 13.2. The first kappa shape index (κ1) is 16.1. The van der Waals surface area contributed by atoms with Gasteiger partial charge in [0, 0.05) is 0 Å². The molecule has 0 heterocycles. The van der Waals surface area contributed by atoms with Gasteiger partial charge in [-0.25, -0.2) is 0 Å². The zero-order chi connectivity index (χ0) is 15.3. The average Bonchev–Trinajstić information content (AvgIpc) is 2.53. The van der Waals surface area contributed by atoms with E-state index in [1.165, 1.54) is 12.8 Å². The summed E-state index contributed by atoms with van der Waals surface area (Å²) in [6.45, 7) is 4.49. The lowest BCUT2D eigenvalue weighted by Gasteiger charge is -2.67. The van der Waals surface area contributed by atoms with Crippen LogP contribution in [0.15, 0.2) is 0 Å². The summed E-state index contributed by atoms with van der Waals surface area (Å²) >= 11 is 13.8. The highest BCUT2D eigenvalue weighted by molar-refractivity contribution is 6.55. The van der Waals surface area contributed by atoms with Gasteiger partial charge in [-0.05, 0) is 63.2 Å². The lowest BCUT2D eigenvalue weighted by Crippen LogP contribution is -2.74. The van der Waals surface area contributed by atoms with Gasteiger partial charge in [0.25, 0.3) is 0 Å². The van der Waals surface area contributed by atoms with E-state index in [1.54, 1.807) is 0 Å². The van der Waals surface area contributed by atoms with Gasteiger partial charge in [-0.1, -0.05) is 49.9 Å². The average molecular weight is 331 g/mol. The minimum Gasteiger partial charge on any atom is -0.298 e. The van der Waals surface area contributed by atoms with Crippen LogP contribution in [0.1, 0.15) is 78.1 Å². The van der Waals surface area contributed by atoms with E-state index in [1.807, 2.05) is 0 Å². The predicted molar refractivity (Wildman–Crippen MR) is 88.8 cm³/mol. The summed E-state index contributed by atoms with van der Waals surface area (Å²) in [5.41, 5.74) is -0.832. The van der Waals surface area contributed by atoms with Crippen molar-refractivity contribution in [3.05, 3.63) is 0 Å². The Morgan fingerprint density at radius 3 is 1.43 bits per heavy atom. The SMILES string of the molecule is CCC1CC[C@]2(CC1)C(=O)[C@@]1(CCC(CC)CC1)C2(Cl)Cl. The second-order valence-electron chi connectivity index (χ2n) is 7.77. The van der Waals surface area contributed by atoms with Crippen LogP contribution in [0.4, 0.5) is 0 Å². The first-order chi connectivity index (χ1) is 9.93. The van der Waals surface area contributed by atoms with Crippen LogP contribution < -0.4 is 0 Å². The molecule has 3 aliphatic carbocycles. The molecule has 21 heavy (non-hydrogen) atoms. The van der Waals surface area contributed by atoms with E-state index in [2.05, 4.69) is 13.8 Å². The van der Waals surface area contributed by atoms with Crippen molar-refractivity contribution >= 4 is 29.0 Å². The number of halogens is 2. The zero-order valence-corrected chi connectivity index (χ0v) is 14.9. The molecule has 3 saturated carbocycles. The third kappa shape index (κ3) is 1.99. The van der Waals surface area contributed by atoms with Gasteiger partial charge in [0.05, 0.1) is 10.8 Å². The third-order valence-electron chi connectivity index (χ3n) is 7.14. The molecule has 1 nitrogen and oxygen atoms in total. The summed E-state index contributed by atoms with van der Waals surface area (Å²) in [6.07, 6.45) is 10.6. The topological polar surface area (TPSA) is 17.1 Å². The molecule has 2 spiro atoms. The summed E-state index contributed by atoms with van der Waals surface area (Å²) in [4.78, 5) is 13.2. The molecular weight excluding hydrogens is 303 g/mol. The van der Waals surface area contributed by atoms with E-state index in [4.69, 9.17) is 23.2 Å². The molecule has 3 fully saturated rings. The van der Waals surface area contributed by atoms with Gasteiger partial charge in [0.1, 0.15) is 4.33 Å². The minimum absolute atomic E-state index is 0.416. The number of alkyl halides is 2. The minimum atomic E-state index is -0.811. The van der Waals surface area contributed by atoms with Crippen molar-refractivity contribution in [2.75, 3.05) is 0 Å². The Bertz CT molecular complexity index is 377. The van der Waals surface area contributed by atoms with Crippen LogP contribution in [0.25, 0.3) is 0 Å². The fraction of sp³-hybridized carbons (Fsp3) is 0.944. The molecule has 0 atom stereocenters. The molecule has 3 rings (SSSR count). The van der Waals surface area contributed by atoms with Gasteiger partial charge in [-0.15, -0.1) is 0 Å². The Balaban J connectivity index is 1.78. The molecule has 0 aliphatic heterocycles. The normalized spacial score (nSPS) is 45.8. The number of carbonyl (C=O) groups excluding carboxylic acids is 1. The second kappa shape index (κ2) is 5.41. The number of ketones is 1. The zero-order valence-electron chi connectivity index (χ0n) is 13.4. The summed E-state index contributed by atoms with van der Waals surface area (Å²) in [6, 6.07) is 0. The van der Waals surface area contributed by atoms with Crippen molar-refractivity contribution in [3.63, 3.8) is 0 Å². The molecule has 0 N–H and O–H groups in total. The van der Waals surface area contributed by atoms with Gasteiger partial charge >= 0.3 is 0 Å². The summed E-state index contributed by atoms with van der Waals surface area (Å²) in [5, 5.41) is 0. The second-order valence-corrected chi connectivity index (χ2v) is 9.10. The fourth-order valence-electron chi connectivity index (χ4n) is 5.38. The summed E-state index contributed by atoms with van der Waals surface area (Å²) < 4.78 is -0.811. The smallest absolute Gasteiger partial charge is 0.151 e. The van der Waals surface area contributed by atoms with Gasteiger partial charge in [-0.3, -0.25) is 4.79 Å². The van der Waals surface area contributed by atoms with Gasteiger partial charge < -0.3 is 0 Å². The summed E-state index contributed by atoms with van der Waals surface area (Å²) in [5.74, 6) is 1.95. The number of hydrogen-bond donors (Lipinski definition) is 0. The molecule has 0 saturated heterocycles. The molecule has 0 radical (unpaired) electrons. The van der Waals surface area contributed by atoms with Crippen molar-refractivity contribution in [3.8, 4) is 0 Å². The lowest BCUT2D eigenvalue weighted by molar-refractivity contribution is -0.172.